The highest BCUT2D eigenvalue weighted by Crippen LogP contribution is 2.66. The Morgan fingerprint density at radius 3 is 2.06 bits per heavy atom. The van der Waals surface area contributed by atoms with Crippen LogP contribution in [0.4, 0.5) is 0 Å². The molecule has 2 heteroatoms. The van der Waals surface area contributed by atoms with Crippen molar-refractivity contribution in [3.05, 3.63) is 130 Å². The second-order valence-electron chi connectivity index (χ2n) is 10.4. The number of aryl methyl sites for hydroxylation is 1. The summed E-state index contributed by atoms with van der Waals surface area (Å²) >= 11 is 1.84. The Kier molecular flexibility index (Phi) is 4.61. The zero-order valence-corrected chi connectivity index (χ0v) is 20.5. The second-order valence-corrected chi connectivity index (χ2v) is 11.4. The van der Waals surface area contributed by atoms with Crippen LogP contribution in [0, 0.1) is 12.3 Å². The van der Waals surface area contributed by atoms with Gasteiger partial charge in [-0.2, -0.15) is 0 Å². The predicted molar refractivity (Wildman–Crippen MR) is 138 cm³/mol. The van der Waals surface area contributed by atoms with E-state index in [9.17, 15) is 0 Å². The zero-order valence-electron chi connectivity index (χ0n) is 19.7. The fraction of sp³-hybridized carbons (Fsp3) is 0.258. The van der Waals surface area contributed by atoms with Crippen molar-refractivity contribution >= 4 is 11.8 Å². The molecule has 1 aromatic heterocycles. The van der Waals surface area contributed by atoms with Gasteiger partial charge in [0.2, 0.25) is 0 Å². The molecule has 0 amide bonds. The maximum Gasteiger partial charge on any atom is 0.0963 e. The number of hydrogen-bond donors (Lipinski definition) is 0. The Labute approximate surface area is 201 Å². The number of hydrogen-bond acceptors (Lipinski definition) is 2. The number of nitrogens with zero attached hydrogens (tertiary/aromatic N) is 1. The summed E-state index contributed by atoms with van der Waals surface area (Å²) in [6, 6.07) is 29.3. The highest BCUT2D eigenvalue weighted by molar-refractivity contribution is 7.98. The largest absolute Gasteiger partial charge is 0.250 e. The minimum atomic E-state index is -0.184. The molecule has 0 unspecified atom stereocenters. The molecule has 0 atom stereocenters. The lowest BCUT2D eigenvalue weighted by atomic mass is 9.44. The van der Waals surface area contributed by atoms with Gasteiger partial charge in [0.15, 0.2) is 0 Å². The molecule has 0 saturated carbocycles. The Hall–Kier alpha value is -2.84. The fourth-order valence-electron chi connectivity index (χ4n) is 6.54. The van der Waals surface area contributed by atoms with Gasteiger partial charge < -0.3 is 0 Å². The summed E-state index contributed by atoms with van der Waals surface area (Å²) in [5.41, 5.74) is 11.7. The number of thioether (sulfide) groups is 1. The topological polar surface area (TPSA) is 12.9 Å². The van der Waals surface area contributed by atoms with Crippen LogP contribution in [0.2, 0.25) is 0 Å². The van der Waals surface area contributed by atoms with E-state index in [1.54, 1.807) is 5.56 Å². The molecule has 2 bridgehead atoms. The van der Waals surface area contributed by atoms with Crippen LogP contribution in [0.15, 0.2) is 90.1 Å². The lowest BCUT2D eigenvalue weighted by Crippen LogP contribution is -2.51. The molecule has 7 rings (SSSR count). The highest BCUT2D eigenvalue weighted by atomic mass is 32.2. The SMILES string of the molecule is Cc1ccc(CSc2ccccn2)c2c1C1c3ccccc3C2(C(C)(C)C)c2ccccc21. The van der Waals surface area contributed by atoms with Crippen molar-refractivity contribution in [3.63, 3.8) is 0 Å². The van der Waals surface area contributed by atoms with E-state index in [0.29, 0.717) is 5.92 Å². The molecule has 3 aliphatic rings. The van der Waals surface area contributed by atoms with E-state index in [1.807, 2.05) is 24.0 Å². The lowest BCUT2D eigenvalue weighted by molar-refractivity contribution is 0.254. The van der Waals surface area contributed by atoms with Gasteiger partial charge in [0.25, 0.3) is 0 Å². The maximum absolute atomic E-state index is 4.57. The first-order valence-electron chi connectivity index (χ1n) is 11.8. The Balaban J connectivity index is 1.68. The fourth-order valence-corrected chi connectivity index (χ4v) is 7.40. The minimum absolute atomic E-state index is 0.00243. The molecule has 0 radical (unpaired) electrons. The van der Waals surface area contributed by atoms with E-state index < -0.39 is 0 Å². The molecule has 4 aromatic rings. The molecule has 0 spiro atoms. The smallest absolute Gasteiger partial charge is 0.0963 e. The van der Waals surface area contributed by atoms with Gasteiger partial charge in [0.05, 0.1) is 10.4 Å². The zero-order chi connectivity index (χ0) is 22.8. The van der Waals surface area contributed by atoms with E-state index in [1.165, 1.54) is 38.9 Å². The summed E-state index contributed by atoms with van der Waals surface area (Å²) < 4.78 is 0. The van der Waals surface area contributed by atoms with Crippen molar-refractivity contribution in [2.24, 2.45) is 5.41 Å². The van der Waals surface area contributed by atoms with Gasteiger partial charge in [-0.1, -0.05) is 87.5 Å². The number of benzene rings is 3. The second kappa shape index (κ2) is 7.33. The van der Waals surface area contributed by atoms with Crippen LogP contribution in [-0.2, 0) is 11.2 Å². The Morgan fingerprint density at radius 1 is 0.818 bits per heavy atom. The first-order chi connectivity index (χ1) is 15.9. The van der Waals surface area contributed by atoms with Gasteiger partial charge >= 0.3 is 0 Å². The minimum Gasteiger partial charge on any atom is -0.250 e. The third-order valence-corrected chi connectivity index (χ3v) is 8.70. The van der Waals surface area contributed by atoms with Crippen molar-refractivity contribution in [1.82, 2.24) is 4.98 Å². The number of pyridine rings is 1. The van der Waals surface area contributed by atoms with Crippen molar-refractivity contribution in [3.8, 4) is 0 Å². The van der Waals surface area contributed by atoms with Gasteiger partial charge in [-0.05, 0) is 69.0 Å². The molecule has 33 heavy (non-hydrogen) atoms. The maximum atomic E-state index is 4.57. The molecule has 0 aliphatic heterocycles. The third kappa shape index (κ3) is 2.77. The first-order valence-corrected chi connectivity index (χ1v) is 12.8. The van der Waals surface area contributed by atoms with Crippen LogP contribution in [0.1, 0.15) is 71.2 Å². The van der Waals surface area contributed by atoms with Crippen LogP contribution >= 0.6 is 11.8 Å². The summed E-state index contributed by atoms with van der Waals surface area (Å²) in [6.07, 6.45) is 1.89. The van der Waals surface area contributed by atoms with Crippen LogP contribution in [0.25, 0.3) is 0 Å². The monoisotopic (exact) mass is 447 g/mol. The van der Waals surface area contributed by atoms with Gasteiger partial charge in [-0.25, -0.2) is 4.98 Å². The van der Waals surface area contributed by atoms with E-state index in [-0.39, 0.29) is 10.8 Å². The normalized spacial score (nSPS) is 20.2. The van der Waals surface area contributed by atoms with Crippen molar-refractivity contribution < 1.29 is 0 Å². The molecule has 3 aromatic carbocycles. The summed E-state index contributed by atoms with van der Waals surface area (Å²) in [5.74, 6) is 1.23. The molecule has 164 valence electrons. The van der Waals surface area contributed by atoms with Crippen LogP contribution < -0.4 is 0 Å². The highest BCUT2D eigenvalue weighted by Gasteiger charge is 2.58. The molecule has 0 fully saturated rings. The summed E-state index contributed by atoms with van der Waals surface area (Å²) in [5, 5.41) is 1.08. The average molecular weight is 448 g/mol. The van der Waals surface area contributed by atoms with Crippen LogP contribution in [0.3, 0.4) is 0 Å². The average Bonchev–Trinajstić information content (AvgIpc) is 2.83. The Morgan fingerprint density at radius 2 is 1.45 bits per heavy atom. The van der Waals surface area contributed by atoms with E-state index in [2.05, 4.69) is 105 Å². The van der Waals surface area contributed by atoms with E-state index >= 15 is 0 Å². The summed E-state index contributed by atoms with van der Waals surface area (Å²) in [6.45, 7) is 9.58. The number of rotatable bonds is 3. The summed E-state index contributed by atoms with van der Waals surface area (Å²) in [7, 11) is 0. The van der Waals surface area contributed by atoms with Crippen LogP contribution in [0.5, 0.6) is 0 Å². The molecule has 1 heterocycles. The third-order valence-electron chi connectivity index (χ3n) is 7.70. The van der Waals surface area contributed by atoms with Gasteiger partial charge in [0, 0.05) is 17.9 Å². The number of aromatic nitrogens is 1. The molecular weight excluding hydrogens is 418 g/mol. The quantitative estimate of drug-likeness (QED) is 0.296. The van der Waals surface area contributed by atoms with Gasteiger partial charge in [0.1, 0.15) is 0 Å². The standard InChI is InChI=1S/C31H29NS/c1-20-16-17-21(19-33-26-15-9-10-18-32-26)29-27(20)28-22-11-5-7-13-24(22)31(29,30(2,3)4)25-14-8-6-12-23(25)28/h5-18,28H,19H2,1-4H3. The van der Waals surface area contributed by atoms with Crippen LogP contribution in [-0.4, -0.2) is 4.98 Å². The molecule has 1 nitrogen and oxygen atoms in total. The van der Waals surface area contributed by atoms with E-state index in [0.717, 1.165) is 10.8 Å². The van der Waals surface area contributed by atoms with Gasteiger partial charge in [-0.3, -0.25) is 0 Å². The summed E-state index contributed by atoms with van der Waals surface area (Å²) in [4.78, 5) is 4.57. The van der Waals surface area contributed by atoms with E-state index in [4.69, 9.17) is 0 Å². The molecular formula is C31H29NS. The lowest BCUT2D eigenvalue weighted by Gasteiger charge is -2.58. The van der Waals surface area contributed by atoms with Crippen molar-refractivity contribution in [2.75, 3.05) is 0 Å². The van der Waals surface area contributed by atoms with Gasteiger partial charge in [-0.15, -0.1) is 11.8 Å². The van der Waals surface area contributed by atoms with Crippen molar-refractivity contribution in [2.45, 2.75) is 49.8 Å². The molecule has 0 saturated heterocycles. The first kappa shape index (κ1) is 20.7. The van der Waals surface area contributed by atoms with Crippen molar-refractivity contribution in [1.29, 1.82) is 0 Å². The predicted octanol–water partition coefficient (Wildman–Crippen LogP) is 7.87. The molecule has 0 N–H and O–H groups in total. The Bertz CT molecular complexity index is 1320. The molecule has 3 aliphatic carbocycles.